The van der Waals surface area contributed by atoms with Crippen LogP contribution in [-0.4, -0.2) is 16.6 Å². The summed E-state index contributed by atoms with van der Waals surface area (Å²) in [4.78, 5) is 13.7. The number of nitrogens with one attached hydrogen (secondary N) is 1. The number of aromatic hydroxyl groups is 1. The van der Waals surface area contributed by atoms with Crippen LogP contribution in [0, 0.1) is 5.82 Å². The van der Waals surface area contributed by atoms with E-state index in [-0.39, 0.29) is 17.5 Å². The van der Waals surface area contributed by atoms with Crippen molar-refractivity contribution in [3.63, 3.8) is 0 Å². The van der Waals surface area contributed by atoms with Gasteiger partial charge in [-0.3, -0.25) is 4.79 Å². The molecule has 1 aromatic rings. The fourth-order valence-electron chi connectivity index (χ4n) is 3.58. The largest absolute Gasteiger partial charge is 0.508 e. The quantitative estimate of drug-likeness (QED) is 0.742. The highest BCUT2D eigenvalue weighted by atomic mass is 79.9. The summed E-state index contributed by atoms with van der Waals surface area (Å²) in [7, 11) is 0. The summed E-state index contributed by atoms with van der Waals surface area (Å²) >= 11 is 4.91. The molecular weight excluding hydrogens is 381 g/mol. The highest BCUT2D eigenvalue weighted by Gasteiger charge is 2.39. The number of allylic oxidation sites excluding steroid dienone is 4. The molecule has 0 bridgehead atoms. The molecule has 2 N–H and O–H groups in total. The van der Waals surface area contributed by atoms with Crippen molar-refractivity contribution in [1.82, 2.24) is 5.32 Å². The van der Waals surface area contributed by atoms with Gasteiger partial charge in [0.25, 0.3) is 0 Å². The molecule has 0 spiro atoms. The Balaban J connectivity index is 1.92. The van der Waals surface area contributed by atoms with Crippen LogP contribution in [0.15, 0.2) is 38.5 Å². The van der Waals surface area contributed by atoms with E-state index in [2.05, 4.69) is 21.2 Å². The maximum absolute atomic E-state index is 13.7. The van der Waals surface area contributed by atoms with Gasteiger partial charge in [0.2, 0.25) is 0 Å². The van der Waals surface area contributed by atoms with Crippen LogP contribution >= 0.6 is 27.7 Å². The highest BCUT2D eigenvalue weighted by Crippen LogP contribution is 2.52. The monoisotopic (exact) mass is 395 g/mol. The maximum Gasteiger partial charge on any atom is 0.161 e. The number of dihydropyridines is 1. The average molecular weight is 396 g/mol. The van der Waals surface area contributed by atoms with Gasteiger partial charge in [-0.25, -0.2) is 4.39 Å². The summed E-state index contributed by atoms with van der Waals surface area (Å²) in [6.45, 7) is 0. The first-order chi connectivity index (χ1) is 11.1. The second kappa shape index (κ2) is 5.67. The van der Waals surface area contributed by atoms with Crippen molar-refractivity contribution in [3.05, 3.63) is 49.9 Å². The van der Waals surface area contributed by atoms with Crippen LogP contribution in [0.5, 0.6) is 5.75 Å². The average Bonchev–Trinajstić information content (AvgIpc) is 2.97. The van der Waals surface area contributed by atoms with Gasteiger partial charge in [0.05, 0.1) is 10.4 Å². The minimum absolute atomic E-state index is 0.0952. The molecule has 0 saturated carbocycles. The molecule has 23 heavy (non-hydrogen) atoms. The molecule has 3 nitrogen and oxygen atoms in total. The summed E-state index contributed by atoms with van der Waals surface area (Å²) in [6.07, 6.45) is 3.17. The number of hydrogen-bond acceptors (Lipinski definition) is 4. The third kappa shape index (κ3) is 2.43. The maximum atomic E-state index is 13.7. The van der Waals surface area contributed by atoms with Crippen molar-refractivity contribution in [2.24, 2.45) is 0 Å². The highest BCUT2D eigenvalue weighted by molar-refractivity contribution is 9.10. The number of phenols is 1. The van der Waals surface area contributed by atoms with Crippen LogP contribution < -0.4 is 5.32 Å². The third-order valence-corrected chi connectivity index (χ3v) is 6.41. The number of thioether (sulfide) groups is 1. The number of ketones is 1. The number of rotatable bonds is 1. The predicted molar refractivity (Wildman–Crippen MR) is 91.6 cm³/mol. The first kappa shape index (κ1) is 15.3. The van der Waals surface area contributed by atoms with Gasteiger partial charge in [0.15, 0.2) is 5.78 Å². The lowest BCUT2D eigenvalue weighted by Gasteiger charge is -2.33. The van der Waals surface area contributed by atoms with Gasteiger partial charge in [-0.1, -0.05) is 0 Å². The minimum atomic E-state index is -0.502. The molecule has 2 aliphatic heterocycles. The van der Waals surface area contributed by atoms with Crippen molar-refractivity contribution < 1.29 is 14.3 Å². The Kier molecular flexibility index (Phi) is 3.76. The molecule has 0 unspecified atom stereocenters. The van der Waals surface area contributed by atoms with Crippen molar-refractivity contribution >= 4 is 33.5 Å². The van der Waals surface area contributed by atoms with Crippen molar-refractivity contribution in [2.75, 3.05) is 5.75 Å². The van der Waals surface area contributed by atoms with Gasteiger partial charge in [0.1, 0.15) is 11.6 Å². The third-order valence-electron chi connectivity index (χ3n) is 4.60. The first-order valence-electron chi connectivity index (χ1n) is 7.63. The molecule has 6 heteroatoms. The standard InChI is InChI=1S/C17H15BrFNO2S/c18-9-6-8(14(22)7-10(9)19)15-16-11(2-1-3-13(16)21)20-12-4-5-23-17(12)15/h6-7,15,20,22H,1-5H2/t15-/m0/s1. The Hall–Kier alpha value is -1.27. The number of hydrogen-bond donors (Lipinski definition) is 2. The van der Waals surface area contributed by atoms with E-state index in [1.807, 2.05) is 0 Å². The zero-order chi connectivity index (χ0) is 16.1. The molecule has 2 heterocycles. The molecule has 1 aliphatic carbocycles. The fourth-order valence-corrected chi connectivity index (χ4v) is 5.20. The molecule has 4 rings (SSSR count). The molecule has 0 radical (unpaired) electrons. The SMILES string of the molecule is O=C1CCCC2=C1[C@H](c1cc(Br)c(F)cc1O)C1=C(CCS1)N2. The number of Topliss-reactive ketones (excluding diaryl/α,β-unsaturated/α-hetero) is 1. The normalized spacial score (nSPS) is 23.7. The topological polar surface area (TPSA) is 49.3 Å². The van der Waals surface area contributed by atoms with Crippen molar-refractivity contribution in [2.45, 2.75) is 31.6 Å². The van der Waals surface area contributed by atoms with E-state index < -0.39 is 5.82 Å². The smallest absolute Gasteiger partial charge is 0.161 e. The second-order valence-electron chi connectivity index (χ2n) is 5.99. The zero-order valence-corrected chi connectivity index (χ0v) is 14.7. The van der Waals surface area contributed by atoms with Crippen LogP contribution in [0.4, 0.5) is 4.39 Å². The van der Waals surface area contributed by atoms with Crippen molar-refractivity contribution in [1.29, 1.82) is 0 Å². The molecule has 0 saturated heterocycles. The van der Waals surface area contributed by atoms with Gasteiger partial charge >= 0.3 is 0 Å². The van der Waals surface area contributed by atoms with Crippen LogP contribution in [-0.2, 0) is 4.79 Å². The minimum Gasteiger partial charge on any atom is -0.508 e. The molecule has 120 valence electrons. The van der Waals surface area contributed by atoms with Gasteiger partial charge in [-0.05, 0) is 41.3 Å². The summed E-state index contributed by atoms with van der Waals surface area (Å²) in [5.41, 5.74) is 3.48. The lowest BCUT2D eigenvalue weighted by atomic mass is 9.79. The Labute approximate surface area is 146 Å². The van der Waals surface area contributed by atoms with Crippen molar-refractivity contribution in [3.8, 4) is 5.75 Å². The Bertz CT molecular complexity index is 787. The number of halogens is 2. The number of carbonyl (C=O) groups excluding carboxylic acids is 1. The van der Waals surface area contributed by atoms with E-state index in [0.717, 1.165) is 53.0 Å². The van der Waals surface area contributed by atoms with Crippen LogP contribution in [0.2, 0.25) is 0 Å². The Morgan fingerprint density at radius 3 is 2.91 bits per heavy atom. The van der Waals surface area contributed by atoms with Gasteiger partial charge in [0, 0.05) is 45.7 Å². The van der Waals surface area contributed by atoms with E-state index in [4.69, 9.17) is 0 Å². The van der Waals surface area contributed by atoms with E-state index >= 15 is 0 Å². The van der Waals surface area contributed by atoms with Crippen LogP contribution in [0.1, 0.15) is 37.2 Å². The van der Waals surface area contributed by atoms with Crippen LogP contribution in [0.25, 0.3) is 0 Å². The van der Waals surface area contributed by atoms with E-state index in [1.165, 1.54) is 0 Å². The molecule has 3 aliphatic rings. The lowest BCUT2D eigenvalue weighted by Crippen LogP contribution is -2.30. The number of carbonyl (C=O) groups is 1. The van der Waals surface area contributed by atoms with E-state index in [0.29, 0.717) is 16.5 Å². The summed E-state index contributed by atoms with van der Waals surface area (Å²) in [5.74, 6) is 0.215. The number of benzene rings is 1. The Morgan fingerprint density at radius 1 is 1.26 bits per heavy atom. The molecule has 0 amide bonds. The number of phenolic OH excluding ortho intramolecular Hbond substituents is 1. The van der Waals surface area contributed by atoms with Crippen LogP contribution in [0.3, 0.4) is 0 Å². The van der Waals surface area contributed by atoms with E-state index in [1.54, 1.807) is 17.8 Å². The Morgan fingerprint density at radius 2 is 2.09 bits per heavy atom. The second-order valence-corrected chi connectivity index (χ2v) is 7.98. The first-order valence-corrected chi connectivity index (χ1v) is 9.41. The molecule has 1 atom stereocenters. The summed E-state index contributed by atoms with van der Waals surface area (Å²) in [5, 5.41) is 13.8. The van der Waals surface area contributed by atoms with Gasteiger partial charge in [-0.15, -0.1) is 11.8 Å². The lowest BCUT2D eigenvalue weighted by molar-refractivity contribution is -0.116. The zero-order valence-electron chi connectivity index (χ0n) is 12.3. The summed E-state index contributed by atoms with van der Waals surface area (Å²) < 4.78 is 14.0. The summed E-state index contributed by atoms with van der Waals surface area (Å²) in [6, 6.07) is 2.73. The molecular formula is C17H15BrFNO2S. The molecule has 0 fully saturated rings. The van der Waals surface area contributed by atoms with E-state index in [9.17, 15) is 14.3 Å². The molecule has 1 aromatic carbocycles. The van der Waals surface area contributed by atoms with Gasteiger partial charge < -0.3 is 10.4 Å². The van der Waals surface area contributed by atoms with Gasteiger partial charge in [-0.2, -0.15) is 0 Å². The predicted octanol–water partition coefficient (Wildman–Crippen LogP) is 4.34. The fraction of sp³-hybridized carbons (Fsp3) is 0.353. The molecule has 0 aromatic heterocycles.